The Labute approximate surface area is 136 Å². The van der Waals surface area contributed by atoms with E-state index in [9.17, 15) is 18.0 Å². The Bertz CT molecular complexity index is 831. The van der Waals surface area contributed by atoms with E-state index in [0.717, 1.165) is 4.70 Å². The molecule has 0 aliphatic rings. The molecule has 1 amide bonds. The zero-order valence-corrected chi connectivity index (χ0v) is 12.9. The molecule has 2 aromatic heterocycles. The van der Waals surface area contributed by atoms with E-state index in [1.165, 1.54) is 29.7 Å². The van der Waals surface area contributed by atoms with Crippen LogP contribution in [0.5, 0.6) is 0 Å². The number of hydrogen-bond donors (Lipinski definition) is 1. The topological polar surface area (TPSA) is 54.9 Å². The molecule has 0 radical (unpaired) electrons. The van der Waals surface area contributed by atoms with Crippen molar-refractivity contribution >= 4 is 44.4 Å². The standard InChI is InChI=1S/C14H8F3N3OS2/c15-14(16,17)23-12-8(4-3-7-18-12)11(21)20-13-19-9-5-1-2-6-10(9)22-13/h1-7H,(H,19,20,21). The molecule has 3 aromatic rings. The summed E-state index contributed by atoms with van der Waals surface area (Å²) in [6.45, 7) is 0. The molecule has 1 N–H and O–H groups in total. The second-order valence-electron chi connectivity index (χ2n) is 4.34. The number of nitrogens with zero attached hydrogens (tertiary/aromatic N) is 2. The summed E-state index contributed by atoms with van der Waals surface area (Å²) in [7, 11) is 0. The Hall–Kier alpha value is -2.13. The number of aromatic nitrogens is 2. The summed E-state index contributed by atoms with van der Waals surface area (Å²) in [6.07, 6.45) is 1.21. The minimum Gasteiger partial charge on any atom is -0.298 e. The number of halogens is 3. The van der Waals surface area contributed by atoms with Crippen LogP contribution in [0.25, 0.3) is 10.2 Å². The first-order valence-electron chi connectivity index (χ1n) is 6.30. The van der Waals surface area contributed by atoms with E-state index < -0.39 is 28.2 Å². The smallest absolute Gasteiger partial charge is 0.298 e. The second-order valence-corrected chi connectivity index (χ2v) is 6.43. The van der Waals surface area contributed by atoms with E-state index >= 15 is 0 Å². The summed E-state index contributed by atoms with van der Waals surface area (Å²) in [5, 5.41) is 2.45. The molecule has 23 heavy (non-hydrogen) atoms. The van der Waals surface area contributed by atoms with Crippen LogP contribution in [0.15, 0.2) is 47.6 Å². The molecule has 0 aliphatic carbocycles. The fourth-order valence-corrected chi connectivity index (χ4v) is 3.31. The molecule has 0 atom stereocenters. The van der Waals surface area contributed by atoms with Gasteiger partial charge in [-0.1, -0.05) is 23.5 Å². The monoisotopic (exact) mass is 355 g/mol. The number of fused-ring (bicyclic) bond motifs is 1. The van der Waals surface area contributed by atoms with E-state index in [2.05, 4.69) is 15.3 Å². The summed E-state index contributed by atoms with van der Waals surface area (Å²) in [4.78, 5) is 20.1. The maximum absolute atomic E-state index is 12.5. The summed E-state index contributed by atoms with van der Waals surface area (Å²) in [5.41, 5.74) is -3.95. The van der Waals surface area contributed by atoms with Gasteiger partial charge in [0.1, 0.15) is 5.03 Å². The molecule has 3 rings (SSSR count). The van der Waals surface area contributed by atoms with Crippen LogP contribution in [0.2, 0.25) is 0 Å². The summed E-state index contributed by atoms with van der Waals surface area (Å²) in [5.74, 6) is -0.677. The lowest BCUT2D eigenvalue weighted by molar-refractivity contribution is -0.0329. The van der Waals surface area contributed by atoms with Crippen molar-refractivity contribution in [3.05, 3.63) is 48.2 Å². The van der Waals surface area contributed by atoms with Gasteiger partial charge in [-0.3, -0.25) is 10.1 Å². The highest BCUT2D eigenvalue weighted by Gasteiger charge is 2.32. The van der Waals surface area contributed by atoms with Gasteiger partial charge in [0.2, 0.25) is 0 Å². The lowest BCUT2D eigenvalue weighted by atomic mass is 10.3. The first kappa shape index (κ1) is 15.8. The third-order valence-electron chi connectivity index (χ3n) is 2.74. The van der Waals surface area contributed by atoms with Gasteiger partial charge in [0, 0.05) is 18.0 Å². The van der Waals surface area contributed by atoms with E-state index in [0.29, 0.717) is 10.6 Å². The molecule has 1 aromatic carbocycles. The molecule has 0 fully saturated rings. The van der Waals surface area contributed by atoms with Crippen molar-refractivity contribution in [2.75, 3.05) is 5.32 Å². The Kier molecular flexibility index (Phi) is 4.22. The van der Waals surface area contributed by atoms with Crippen molar-refractivity contribution in [1.82, 2.24) is 9.97 Å². The van der Waals surface area contributed by atoms with Crippen molar-refractivity contribution in [3.63, 3.8) is 0 Å². The van der Waals surface area contributed by atoms with E-state index in [1.54, 1.807) is 6.07 Å². The number of carbonyl (C=O) groups excluding carboxylic acids is 1. The number of alkyl halides is 3. The summed E-state index contributed by atoms with van der Waals surface area (Å²) >= 11 is 0.829. The van der Waals surface area contributed by atoms with Crippen LogP contribution in [0.4, 0.5) is 18.3 Å². The minimum atomic E-state index is -4.51. The van der Waals surface area contributed by atoms with Crippen LogP contribution in [-0.2, 0) is 0 Å². The lowest BCUT2D eigenvalue weighted by Gasteiger charge is -2.09. The number of hydrogen-bond acceptors (Lipinski definition) is 5. The molecule has 0 bridgehead atoms. The predicted molar refractivity (Wildman–Crippen MR) is 83.7 cm³/mol. The number of rotatable bonds is 3. The summed E-state index contributed by atoms with van der Waals surface area (Å²) in [6, 6.07) is 9.99. The van der Waals surface area contributed by atoms with Crippen LogP contribution < -0.4 is 5.32 Å². The molecule has 9 heteroatoms. The van der Waals surface area contributed by atoms with Gasteiger partial charge in [0.15, 0.2) is 5.13 Å². The molecule has 0 saturated carbocycles. The minimum absolute atomic E-state index is 0.144. The van der Waals surface area contributed by atoms with Crippen molar-refractivity contribution in [2.24, 2.45) is 0 Å². The van der Waals surface area contributed by atoms with E-state index in [1.807, 2.05) is 18.2 Å². The molecule has 2 heterocycles. The first-order chi connectivity index (χ1) is 10.9. The number of thiazole rings is 1. The van der Waals surface area contributed by atoms with Crippen LogP contribution in [0, 0.1) is 0 Å². The van der Waals surface area contributed by atoms with Gasteiger partial charge in [-0.15, -0.1) is 0 Å². The van der Waals surface area contributed by atoms with Gasteiger partial charge in [0.25, 0.3) is 5.91 Å². The Morgan fingerprint density at radius 1 is 1.17 bits per heavy atom. The number of benzene rings is 1. The fourth-order valence-electron chi connectivity index (χ4n) is 1.84. The van der Waals surface area contributed by atoms with Gasteiger partial charge in [-0.2, -0.15) is 13.2 Å². The maximum atomic E-state index is 12.5. The normalized spacial score (nSPS) is 11.6. The zero-order valence-electron chi connectivity index (χ0n) is 11.3. The Morgan fingerprint density at radius 3 is 2.70 bits per heavy atom. The van der Waals surface area contributed by atoms with Crippen LogP contribution in [0.3, 0.4) is 0 Å². The van der Waals surface area contributed by atoms with Crippen molar-refractivity contribution in [3.8, 4) is 0 Å². The molecule has 118 valence electrons. The van der Waals surface area contributed by atoms with Gasteiger partial charge in [-0.25, -0.2) is 9.97 Å². The average Bonchev–Trinajstić information content (AvgIpc) is 2.88. The number of anilines is 1. The van der Waals surface area contributed by atoms with Crippen molar-refractivity contribution < 1.29 is 18.0 Å². The maximum Gasteiger partial charge on any atom is 0.447 e. The van der Waals surface area contributed by atoms with Crippen LogP contribution in [0.1, 0.15) is 10.4 Å². The van der Waals surface area contributed by atoms with Crippen LogP contribution in [-0.4, -0.2) is 21.4 Å². The molecule has 4 nitrogen and oxygen atoms in total. The van der Waals surface area contributed by atoms with Gasteiger partial charge >= 0.3 is 5.51 Å². The van der Waals surface area contributed by atoms with Crippen molar-refractivity contribution in [2.45, 2.75) is 10.5 Å². The largest absolute Gasteiger partial charge is 0.447 e. The Morgan fingerprint density at radius 2 is 1.96 bits per heavy atom. The van der Waals surface area contributed by atoms with Crippen molar-refractivity contribution in [1.29, 1.82) is 0 Å². The predicted octanol–water partition coefficient (Wildman–Crippen LogP) is 4.56. The fraction of sp³-hybridized carbons (Fsp3) is 0.0714. The first-order valence-corrected chi connectivity index (χ1v) is 7.93. The number of thioether (sulfide) groups is 1. The molecule has 0 spiro atoms. The molecule has 0 aliphatic heterocycles. The Balaban J connectivity index is 1.86. The number of carbonyl (C=O) groups is 1. The highest BCUT2D eigenvalue weighted by atomic mass is 32.2. The number of para-hydroxylation sites is 1. The third kappa shape index (κ3) is 3.80. The van der Waals surface area contributed by atoms with Crippen LogP contribution >= 0.6 is 23.1 Å². The quantitative estimate of drug-likeness (QED) is 0.700. The SMILES string of the molecule is O=C(Nc1nc2ccccc2s1)c1cccnc1SC(F)(F)F. The molecular weight excluding hydrogens is 347 g/mol. The lowest BCUT2D eigenvalue weighted by Crippen LogP contribution is -2.14. The number of amides is 1. The number of nitrogens with one attached hydrogen (secondary N) is 1. The average molecular weight is 355 g/mol. The number of pyridine rings is 1. The van der Waals surface area contributed by atoms with E-state index in [4.69, 9.17) is 0 Å². The highest BCUT2D eigenvalue weighted by Crippen LogP contribution is 2.37. The van der Waals surface area contributed by atoms with Gasteiger partial charge in [-0.05, 0) is 24.3 Å². The van der Waals surface area contributed by atoms with Gasteiger partial charge < -0.3 is 0 Å². The highest BCUT2D eigenvalue weighted by molar-refractivity contribution is 8.00. The third-order valence-corrected chi connectivity index (χ3v) is 4.44. The molecular formula is C14H8F3N3OS2. The molecule has 0 unspecified atom stereocenters. The second kappa shape index (κ2) is 6.17. The molecule has 0 saturated heterocycles. The zero-order chi connectivity index (χ0) is 16.4. The summed E-state index contributed by atoms with van der Waals surface area (Å²) < 4.78 is 38.5. The van der Waals surface area contributed by atoms with E-state index in [-0.39, 0.29) is 5.56 Å². The van der Waals surface area contributed by atoms with Gasteiger partial charge in [0.05, 0.1) is 15.8 Å².